The van der Waals surface area contributed by atoms with Crippen molar-refractivity contribution in [3.05, 3.63) is 52.6 Å². The molecule has 1 saturated heterocycles. The third-order valence-electron chi connectivity index (χ3n) is 4.61. The van der Waals surface area contributed by atoms with Crippen molar-refractivity contribution >= 4 is 33.5 Å². The lowest BCUT2D eigenvalue weighted by molar-refractivity contribution is -0.384. The number of sulfonamides is 1. The molecular weight excluding hydrogens is 428 g/mol. The van der Waals surface area contributed by atoms with Crippen molar-refractivity contribution < 1.29 is 27.6 Å². The van der Waals surface area contributed by atoms with Gasteiger partial charge in [0.05, 0.1) is 16.4 Å². The molecule has 1 N–H and O–H groups in total. The highest BCUT2D eigenvalue weighted by atomic mass is 32.2. The lowest BCUT2D eigenvalue weighted by Gasteiger charge is -2.32. The summed E-state index contributed by atoms with van der Waals surface area (Å²) in [5.74, 6) is 0.0159. The number of anilines is 2. The fourth-order valence-electron chi connectivity index (χ4n) is 3.14. The van der Waals surface area contributed by atoms with Gasteiger partial charge in [-0.15, -0.1) is 0 Å². The fourth-order valence-corrected chi connectivity index (χ4v) is 4.17. The van der Waals surface area contributed by atoms with Gasteiger partial charge in [0.2, 0.25) is 5.82 Å². The van der Waals surface area contributed by atoms with Crippen LogP contribution in [0.1, 0.15) is 19.8 Å². The SMILES string of the molecule is CCOC(=O)OC1CCN(c2nc(NS(=O)(=O)c3ccccc3)ccc2[N+](=O)[O-])CC1. The summed E-state index contributed by atoms with van der Waals surface area (Å²) in [4.78, 5) is 28.3. The summed E-state index contributed by atoms with van der Waals surface area (Å²) in [7, 11) is -3.89. The molecule has 1 aromatic heterocycles. The van der Waals surface area contributed by atoms with Gasteiger partial charge in [0.15, 0.2) is 0 Å². The molecule has 12 heteroatoms. The van der Waals surface area contributed by atoms with Crippen LogP contribution in [0.3, 0.4) is 0 Å². The predicted octanol–water partition coefficient (Wildman–Crippen LogP) is 2.93. The van der Waals surface area contributed by atoms with Crippen LogP contribution in [0.25, 0.3) is 0 Å². The van der Waals surface area contributed by atoms with Gasteiger partial charge in [0, 0.05) is 32.0 Å². The van der Waals surface area contributed by atoms with Gasteiger partial charge in [0.25, 0.3) is 10.0 Å². The summed E-state index contributed by atoms with van der Waals surface area (Å²) in [6.07, 6.45) is -0.258. The Morgan fingerprint density at radius 1 is 1.23 bits per heavy atom. The van der Waals surface area contributed by atoms with E-state index in [0.717, 1.165) is 0 Å². The molecule has 166 valence electrons. The first-order chi connectivity index (χ1) is 14.8. The Kier molecular flexibility index (Phi) is 6.90. The third kappa shape index (κ3) is 5.60. The summed E-state index contributed by atoms with van der Waals surface area (Å²) in [5.41, 5.74) is -0.243. The van der Waals surface area contributed by atoms with E-state index in [1.807, 2.05) is 0 Å². The van der Waals surface area contributed by atoms with E-state index in [9.17, 15) is 23.3 Å². The number of pyridine rings is 1. The zero-order chi connectivity index (χ0) is 22.4. The first kappa shape index (κ1) is 22.3. The van der Waals surface area contributed by atoms with Crippen molar-refractivity contribution in [1.29, 1.82) is 0 Å². The molecule has 0 spiro atoms. The number of ether oxygens (including phenoxy) is 2. The molecule has 0 atom stereocenters. The van der Waals surface area contributed by atoms with Crippen LogP contribution in [0.5, 0.6) is 0 Å². The highest BCUT2D eigenvalue weighted by Gasteiger charge is 2.29. The molecule has 0 saturated carbocycles. The average Bonchev–Trinajstić information content (AvgIpc) is 2.74. The minimum Gasteiger partial charge on any atom is -0.435 e. The largest absolute Gasteiger partial charge is 0.508 e. The van der Waals surface area contributed by atoms with Crippen LogP contribution >= 0.6 is 0 Å². The van der Waals surface area contributed by atoms with Crippen molar-refractivity contribution in [2.75, 3.05) is 29.3 Å². The monoisotopic (exact) mass is 450 g/mol. The summed E-state index contributed by atoms with van der Waals surface area (Å²) in [6.45, 7) is 2.56. The van der Waals surface area contributed by atoms with Crippen molar-refractivity contribution in [3.63, 3.8) is 0 Å². The molecule has 1 fully saturated rings. The Hall–Kier alpha value is -3.41. The molecule has 11 nitrogen and oxygen atoms in total. The van der Waals surface area contributed by atoms with Gasteiger partial charge in [-0.1, -0.05) is 18.2 Å². The van der Waals surface area contributed by atoms with Crippen LogP contribution in [0.4, 0.5) is 22.1 Å². The number of piperidine rings is 1. The normalized spacial score (nSPS) is 14.7. The summed E-state index contributed by atoms with van der Waals surface area (Å²) >= 11 is 0. The number of aromatic nitrogens is 1. The van der Waals surface area contributed by atoms with Gasteiger partial charge in [-0.25, -0.2) is 18.2 Å². The van der Waals surface area contributed by atoms with Crippen molar-refractivity contribution in [2.45, 2.75) is 30.8 Å². The number of carbonyl (C=O) groups is 1. The van der Waals surface area contributed by atoms with E-state index < -0.39 is 21.1 Å². The minimum atomic E-state index is -3.89. The van der Waals surface area contributed by atoms with E-state index in [0.29, 0.717) is 25.9 Å². The number of hydrogen-bond donors (Lipinski definition) is 1. The van der Waals surface area contributed by atoms with Crippen LogP contribution < -0.4 is 9.62 Å². The smallest absolute Gasteiger partial charge is 0.435 e. The minimum absolute atomic E-state index is 0.0330. The molecule has 3 rings (SSSR count). The van der Waals surface area contributed by atoms with E-state index >= 15 is 0 Å². The van der Waals surface area contributed by atoms with Gasteiger partial charge >= 0.3 is 11.8 Å². The van der Waals surface area contributed by atoms with Crippen molar-refractivity contribution in [3.8, 4) is 0 Å². The zero-order valence-electron chi connectivity index (χ0n) is 16.8. The maximum Gasteiger partial charge on any atom is 0.508 e. The number of nitrogens with zero attached hydrogens (tertiary/aromatic N) is 3. The molecule has 31 heavy (non-hydrogen) atoms. The highest BCUT2D eigenvalue weighted by Crippen LogP contribution is 2.31. The van der Waals surface area contributed by atoms with Gasteiger partial charge in [-0.3, -0.25) is 14.8 Å². The Balaban J connectivity index is 1.77. The topological polar surface area (TPSA) is 141 Å². The Bertz CT molecular complexity index is 1040. The van der Waals surface area contributed by atoms with Crippen LogP contribution in [-0.4, -0.2) is 50.3 Å². The number of nitrogens with one attached hydrogen (secondary N) is 1. The molecule has 0 aliphatic carbocycles. The molecule has 0 radical (unpaired) electrons. The predicted molar refractivity (Wildman–Crippen MR) is 111 cm³/mol. The average molecular weight is 450 g/mol. The van der Waals surface area contributed by atoms with Crippen LogP contribution in [0.2, 0.25) is 0 Å². The van der Waals surface area contributed by atoms with Crippen molar-refractivity contribution in [2.24, 2.45) is 0 Å². The molecule has 0 bridgehead atoms. The van der Waals surface area contributed by atoms with Gasteiger partial charge < -0.3 is 14.4 Å². The number of rotatable bonds is 7. The van der Waals surface area contributed by atoms with Crippen LogP contribution in [0, 0.1) is 10.1 Å². The number of benzene rings is 1. The van der Waals surface area contributed by atoms with Crippen LogP contribution in [0.15, 0.2) is 47.4 Å². The molecule has 1 aliphatic rings. The van der Waals surface area contributed by atoms with Crippen LogP contribution in [-0.2, 0) is 19.5 Å². The first-order valence-electron chi connectivity index (χ1n) is 9.62. The van der Waals surface area contributed by atoms with Gasteiger partial charge in [-0.05, 0) is 25.1 Å². The molecule has 1 aromatic carbocycles. The number of carbonyl (C=O) groups excluding carboxylic acids is 1. The van der Waals surface area contributed by atoms with E-state index in [2.05, 4.69) is 9.71 Å². The summed E-state index contributed by atoms with van der Waals surface area (Å²) < 4.78 is 37.4. The number of nitro groups is 1. The summed E-state index contributed by atoms with van der Waals surface area (Å²) in [5, 5.41) is 11.5. The lowest BCUT2D eigenvalue weighted by Crippen LogP contribution is -2.38. The number of hydrogen-bond acceptors (Lipinski definition) is 9. The van der Waals surface area contributed by atoms with Gasteiger partial charge in [0.1, 0.15) is 11.9 Å². The first-order valence-corrected chi connectivity index (χ1v) is 11.1. The molecule has 2 aromatic rings. The second-order valence-electron chi connectivity index (χ2n) is 6.70. The Morgan fingerprint density at radius 3 is 2.52 bits per heavy atom. The molecular formula is C19H22N4O7S. The van der Waals surface area contributed by atoms with E-state index in [4.69, 9.17) is 9.47 Å². The third-order valence-corrected chi connectivity index (χ3v) is 5.98. The molecule has 0 unspecified atom stereocenters. The second kappa shape index (κ2) is 9.60. The zero-order valence-corrected chi connectivity index (χ0v) is 17.6. The quantitative estimate of drug-likeness (QED) is 0.383. The lowest BCUT2D eigenvalue weighted by atomic mass is 10.1. The summed E-state index contributed by atoms with van der Waals surface area (Å²) in [6, 6.07) is 10.2. The fraction of sp³-hybridized carbons (Fsp3) is 0.368. The van der Waals surface area contributed by atoms with E-state index in [-0.39, 0.29) is 34.9 Å². The van der Waals surface area contributed by atoms with E-state index in [1.165, 1.54) is 24.3 Å². The van der Waals surface area contributed by atoms with Crippen molar-refractivity contribution in [1.82, 2.24) is 4.98 Å². The molecule has 1 aliphatic heterocycles. The Labute approximate surface area is 179 Å². The second-order valence-corrected chi connectivity index (χ2v) is 8.38. The molecule has 0 amide bonds. The van der Waals surface area contributed by atoms with E-state index in [1.54, 1.807) is 30.0 Å². The highest BCUT2D eigenvalue weighted by molar-refractivity contribution is 7.92. The maximum atomic E-state index is 12.5. The standard InChI is InChI=1S/C19H22N4O7S/c1-2-29-19(24)30-14-10-12-22(13-11-14)18-16(23(25)26)8-9-17(20-18)21-31(27,28)15-6-4-3-5-7-15/h3-9,14H,2,10-13H2,1H3,(H,20,21). The molecule has 2 heterocycles. The maximum absolute atomic E-state index is 12.5. The van der Waals surface area contributed by atoms with Gasteiger partial charge in [-0.2, -0.15) is 0 Å². The Morgan fingerprint density at radius 2 is 1.90 bits per heavy atom.